The summed E-state index contributed by atoms with van der Waals surface area (Å²) in [5.74, 6) is -1.17. The molecule has 3 rings (SSSR count). The van der Waals surface area contributed by atoms with Crippen molar-refractivity contribution in [3.63, 3.8) is 0 Å². The lowest BCUT2D eigenvalue weighted by atomic mass is 9.99. The molecule has 0 spiro atoms. The van der Waals surface area contributed by atoms with Gasteiger partial charge in [0, 0.05) is 17.7 Å². The van der Waals surface area contributed by atoms with Crippen LogP contribution in [-0.2, 0) is 12.6 Å². The topological polar surface area (TPSA) is 98.0 Å². The molecule has 1 amide bonds. The Hall–Kier alpha value is -3.17. The minimum Gasteiger partial charge on any atom is -0.382 e. The first-order valence-electron chi connectivity index (χ1n) is 9.04. The highest BCUT2D eigenvalue weighted by atomic mass is 35.5. The molecule has 3 aromatic rings. The van der Waals surface area contributed by atoms with Crippen molar-refractivity contribution in [2.24, 2.45) is 0 Å². The number of nitrogens with zero attached hydrogens (tertiary/aromatic N) is 2. The van der Waals surface area contributed by atoms with Crippen LogP contribution < -0.4 is 11.1 Å². The molecule has 0 bridgehead atoms. The van der Waals surface area contributed by atoms with Crippen LogP contribution in [0.4, 0.5) is 24.7 Å². The van der Waals surface area contributed by atoms with E-state index in [-0.39, 0.29) is 34.1 Å². The molecule has 0 aliphatic carbocycles. The van der Waals surface area contributed by atoms with Gasteiger partial charge in [-0.1, -0.05) is 41.4 Å². The second-order valence-corrected chi connectivity index (χ2v) is 7.60. The van der Waals surface area contributed by atoms with Crippen molar-refractivity contribution in [3.05, 3.63) is 80.7 Å². The van der Waals surface area contributed by atoms with Crippen LogP contribution >= 0.6 is 23.2 Å². The lowest BCUT2D eigenvalue weighted by Gasteiger charge is -2.12. The van der Waals surface area contributed by atoms with E-state index >= 15 is 0 Å². The van der Waals surface area contributed by atoms with Crippen molar-refractivity contribution in [2.45, 2.75) is 19.5 Å². The summed E-state index contributed by atoms with van der Waals surface area (Å²) in [7, 11) is 0. The average molecular weight is 483 g/mol. The highest BCUT2D eigenvalue weighted by Gasteiger charge is 2.33. The molecule has 1 heterocycles. The monoisotopic (exact) mass is 482 g/mol. The second-order valence-electron chi connectivity index (χ2n) is 6.82. The van der Waals surface area contributed by atoms with Crippen LogP contribution in [0.3, 0.4) is 0 Å². The fraction of sp³-hybridized carbons (Fsp3) is 0.143. The van der Waals surface area contributed by atoms with Gasteiger partial charge < -0.3 is 11.1 Å². The molecular weight excluding hydrogens is 468 g/mol. The smallest absolute Gasteiger partial charge is 0.382 e. The van der Waals surface area contributed by atoms with Gasteiger partial charge in [0.05, 0.1) is 10.6 Å². The maximum Gasteiger partial charge on any atom is 0.417 e. The number of anilines is 2. The minimum atomic E-state index is -4.64. The number of carbonyl (C=O) groups is 2. The number of carbonyl (C=O) groups excluding carboxylic acids is 2. The fourth-order valence-electron chi connectivity index (χ4n) is 2.84. The van der Waals surface area contributed by atoms with E-state index in [1.807, 2.05) is 0 Å². The van der Waals surface area contributed by atoms with Gasteiger partial charge in [-0.25, -0.2) is 9.97 Å². The third kappa shape index (κ3) is 5.17. The van der Waals surface area contributed by atoms with Crippen LogP contribution in [0.2, 0.25) is 10.0 Å². The lowest BCUT2D eigenvalue weighted by molar-refractivity contribution is -0.137. The highest BCUT2D eigenvalue weighted by Crippen LogP contribution is 2.35. The number of Topliss-reactive ketones (excluding diaryl/α,β-unsaturated/α-hetero) is 1. The van der Waals surface area contributed by atoms with Gasteiger partial charge in [0.1, 0.15) is 17.2 Å². The Labute approximate surface area is 190 Å². The van der Waals surface area contributed by atoms with E-state index in [9.17, 15) is 22.8 Å². The normalized spacial score (nSPS) is 11.3. The molecule has 0 unspecified atom stereocenters. The number of aryl methyl sites for hydroxylation is 1. The van der Waals surface area contributed by atoms with E-state index in [1.165, 1.54) is 18.2 Å². The van der Waals surface area contributed by atoms with Gasteiger partial charge in [-0.05, 0) is 36.2 Å². The van der Waals surface area contributed by atoms with Crippen LogP contribution in [-0.4, -0.2) is 21.7 Å². The average Bonchev–Trinajstić information content (AvgIpc) is 2.72. The van der Waals surface area contributed by atoms with Crippen molar-refractivity contribution in [2.75, 3.05) is 11.1 Å². The molecule has 0 aliphatic heterocycles. The number of nitrogen functional groups attached to an aromatic ring is 1. The van der Waals surface area contributed by atoms with Crippen LogP contribution in [0.5, 0.6) is 0 Å². The van der Waals surface area contributed by atoms with Gasteiger partial charge in [0.2, 0.25) is 0 Å². The van der Waals surface area contributed by atoms with Crippen LogP contribution in [0.1, 0.15) is 37.5 Å². The molecule has 0 radical (unpaired) electrons. The van der Waals surface area contributed by atoms with Crippen molar-refractivity contribution in [3.8, 4) is 0 Å². The maximum atomic E-state index is 13.1. The number of rotatable bonds is 5. The number of benzene rings is 2. The van der Waals surface area contributed by atoms with Crippen molar-refractivity contribution >= 4 is 46.4 Å². The molecule has 11 heteroatoms. The first-order chi connectivity index (χ1) is 15.0. The first kappa shape index (κ1) is 23.5. The molecule has 2 aromatic carbocycles. The molecule has 0 saturated heterocycles. The Balaban J connectivity index is 1.83. The van der Waals surface area contributed by atoms with Gasteiger partial charge in [0.15, 0.2) is 11.5 Å². The van der Waals surface area contributed by atoms with Crippen LogP contribution in [0, 0.1) is 6.92 Å². The maximum absolute atomic E-state index is 13.1. The Kier molecular flexibility index (Phi) is 6.71. The van der Waals surface area contributed by atoms with Gasteiger partial charge >= 0.3 is 6.18 Å². The van der Waals surface area contributed by atoms with E-state index in [1.54, 1.807) is 13.0 Å². The van der Waals surface area contributed by atoms with E-state index in [0.29, 0.717) is 11.3 Å². The molecule has 0 saturated carbocycles. The summed E-state index contributed by atoms with van der Waals surface area (Å²) in [6, 6.07) is 7.84. The Bertz CT molecular complexity index is 1220. The van der Waals surface area contributed by atoms with Gasteiger partial charge in [-0.2, -0.15) is 13.2 Å². The zero-order valence-corrected chi connectivity index (χ0v) is 17.9. The minimum absolute atomic E-state index is 0.0614. The van der Waals surface area contributed by atoms with Crippen LogP contribution in [0.25, 0.3) is 0 Å². The molecule has 0 atom stereocenters. The van der Waals surface area contributed by atoms with Crippen molar-refractivity contribution < 1.29 is 22.8 Å². The predicted octanol–water partition coefficient (Wildman–Crippen LogP) is 5.37. The second kappa shape index (κ2) is 9.13. The number of halogens is 5. The molecule has 3 N–H and O–H groups in total. The third-order valence-corrected chi connectivity index (χ3v) is 5.24. The quantitative estimate of drug-likeness (QED) is 0.476. The van der Waals surface area contributed by atoms with E-state index < -0.39 is 28.5 Å². The Morgan fingerprint density at radius 2 is 1.81 bits per heavy atom. The summed E-state index contributed by atoms with van der Waals surface area (Å²) >= 11 is 11.6. The standard InChI is InChI=1S/C21H15Cl2F3N4O2/c1-10-2-4-12(8-15(10)30-20(32)18-17(23)19(27)29-9-28-18)16(31)7-11-3-5-14(22)13(6-11)21(24,25)26/h2-6,8-9H,7H2,1H3,(H,30,32)(H2,27,28,29). The van der Waals surface area contributed by atoms with Crippen molar-refractivity contribution in [1.82, 2.24) is 9.97 Å². The van der Waals surface area contributed by atoms with Crippen molar-refractivity contribution in [1.29, 1.82) is 0 Å². The molecular formula is C21H15Cl2F3N4O2. The number of aromatic nitrogens is 2. The van der Waals surface area contributed by atoms with Gasteiger partial charge in [-0.15, -0.1) is 0 Å². The SMILES string of the molecule is Cc1ccc(C(=O)Cc2ccc(Cl)c(C(F)(F)F)c2)cc1NC(=O)c1ncnc(N)c1Cl. The van der Waals surface area contributed by atoms with E-state index in [0.717, 1.165) is 18.5 Å². The van der Waals surface area contributed by atoms with Gasteiger partial charge in [-0.3, -0.25) is 9.59 Å². The summed E-state index contributed by atoms with van der Waals surface area (Å²) in [6.07, 6.45) is -3.83. The number of hydrogen-bond donors (Lipinski definition) is 2. The number of nitrogens with two attached hydrogens (primary N) is 1. The predicted molar refractivity (Wildman–Crippen MR) is 115 cm³/mol. The van der Waals surface area contributed by atoms with Gasteiger partial charge in [0.25, 0.3) is 5.91 Å². The molecule has 0 aliphatic rings. The number of amides is 1. The molecule has 0 fully saturated rings. The third-order valence-electron chi connectivity index (χ3n) is 4.54. The molecule has 6 nitrogen and oxygen atoms in total. The zero-order valence-electron chi connectivity index (χ0n) is 16.4. The first-order valence-corrected chi connectivity index (χ1v) is 9.79. The van der Waals surface area contributed by atoms with E-state index in [4.69, 9.17) is 28.9 Å². The number of alkyl halides is 3. The summed E-state index contributed by atoms with van der Waals surface area (Å²) in [6.45, 7) is 1.70. The number of nitrogens with one attached hydrogen (secondary N) is 1. The molecule has 32 heavy (non-hydrogen) atoms. The molecule has 1 aromatic heterocycles. The van der Waals surface area contributed by atoms with Crippen LogP contribution in [0.15, 0.2) is 42.7 Å². The highest BCUT2D eigenvalue weighted by molar-refractivity contribution is 6.36. The largest absolute Gasteiger partial charge is 0.417 e. The summed E-state index contributed by atoms with van der Waals surface area (Å²) in [5, 5.41) is 2.04. The Morgan fingerprint density at radius 3 is 2.50 bits per heavy atom. The fourth-order valence-corrected chi connectivity index (χ4v) is 3.25. The Morgan fingerprint density at radius 1 is 1.09 bits per heavy atom. The zero-order chi connectivity index (χ0) is 23.6. The summed E-state index contributed by atoms with van der Waals surface area (Å²) in [5.41, 5.74) is 5.72. The lowest BCUT2D eigenvalue weighted by Crippen LogP contribution is -2.17. The van der Waals surface area contributed by atoms with E-state index in [2.05, 4.69) is 15.3 Å². The number of ketones is 1. The summed E-state index contributed by atoms with van der Waals surface area (Å²) in [4.78, 5) is 32.7. The summed E-state index contributed by atoms with van der Waals surface area (Å²) < 4.78 is 39.2. The number of hydrogen-bond acceptors (Lipinski definition) is 5. The molecule has 166 valence electrons.